The molecule has 1 aliphatic carbocycles. The molecule has 5 heteroatoms. The lowest BCUT2D eigenvalue weighted by Gasteiger charge is -2.23. The van der Waals surface area contributed by atoms with Crippen LogP contribution in [0.5, 0.6) is 0 Å². The Bertz CT molecular complexity index is 629. The van der Waals surface area contributed by atoms with Crippen molar-refractivity contribution in [3.8, 4) is 0 Å². The number of nitrogens with zero attached hydrogens (tertiary/aromatic N) is 2. The lowest BCUT2D eigenvalue weighted by molar-refractivity contribution is -0.116. The van der Waals surface area contributed by atoms with Crippen LogP contribution in [0.4, 0.5) is 5.69 Å². The third-order valence-corrected chi connectivity index (χ3v) is 5.08. The number of rotatable bonds is 3. The van der Waals surface area contributed by atoms with Crippen molar-refractivity contribution in [3.63, 3.8) is 0 Å². The molecule has 2 unspecified atom stereocenters. The predicted octanol–water partition coefficient (Wildman–Crippen LogP) is 1.83. The van der Waals surface area contributed by atoms with E-state index in [-0.39, 0.29) is 23.8 Å². The van der Waals surface area contributed by atoms with Gasteiger partial charge in [0.1, 0.15) is 0 Å². The predicted molar refractivity (Wildman–Crippen MR) is 88.5 cm³/mol. The van der Waals surface area contributed by atoms with Crippen LogP contribution >= 0.6 is 0 Å². The Kier molecular flexibility index (Phi) is 4.39. The van der Waals surface area contributed by atoms with Crippen molar-refractivity contribution >= 4 is 17.5 Å². The fourth-order valence-electron chi connectivity index (χ4n) is 3.75. The Morgan fingerprint density at radius 2 is 2.13 bits per heavy atom. The standard InChI is InChI=1S/C18H24N2O3/c1-12(21)20-9-8-13-10-14(6-7-16(13)20)18(23)19(2)11-15-4-3-5-17(15)22/h6-7,10,15,17,22H,3-5,8-9,11H2,1-2H3. The molecule has 0 bridgehead atoms. The van der Waals surface area contributed by atoms with Crippen molar-refractivity contribution < 1.29 is 14.7 Å². The average Bonchev–Trinajstić information content (AvgIpc) is 3.12. The molecule has 1 aromatic rings. The monoisotopic (exact) mass is 316 g/mol. The summed E-state index contributed by atoms with van der Waals surface area (Å²) < 4.78 is 0. The third-order valence-electron chi connectivity index (χ3n) is 5.08. The van der Waals surface area contributed by atoms with Gasteiger partial charge in [-0.15, -0.1) is 0 Å². The van der Waals surface area contributed by atoms with Crippen molar-refractivity contribution in [1.29, 1.82) is 0 Å². The summed E-state index contributed by atoms with van der Waals surface area (Å²) in [6.07, 6.45) is 3.37. The summed E-state index contributed by atoms with van der Waals surface area (Å²) in [7, 11) is 1.79. The summed E-state index contributed by atoms with van der Waals surface area (Å²) in [5.41, 5.74) is 2.63. The van der Waals surface area contributed by atoms with E-state index in [9.17, 15) is 14.7 Å². The maximum absolute atomic E-state index is 12.6. The minimum atomic E-state index is -0.283. The van der Waals surface area contributed by atoms with E-state index in [1.165, 1.54) is 0 Å². The van der Waals surface area contributed by atoms with Crippen LogP contribution in [0.25, 0.3) is 0 Å². The SMILES string of the molecule is CC(=O)N1CCc2cc(C(=O)N(C)CC3CCCC3O)ccc21. The number of carbonyl (C=O) groups is 2. The molecule has 0 aromatic heterocycles. The zero-order chi connectivity index (χ0) is 16.6. The van der Waals surface area contributed by atoms with Crippen molar-refractivity contribution in [2.75, 3.05) is 25.0 Å². The molecule has 1 N–H and O–H groups in total. The lowest BCUT2D eigenvalue weighted by atomic mass is 10.0. The quantitative estimate of drug-likeness (QED) is 0.925. The number of anilines is 1. The molecule has 1 aliphatic heterocycles. The molecular formula is C18H24N2O3. The van der Waals surface area contributed by atoms with Crippen LogP contribution in [0.2, 0.25) is 0 Å². The highest BCUT2D eigenvalue weighted by atomic mass is 16.3. The summed E-state index contributed by atoms with van der Waals surface area (Å²) >= 11 is 0. The summed E-state index contributed by atoms with van der Waals surface area (Å²) in [5.74, 6) is 0.204. The lowest BCUT2D eigenvalue weighted by Crippen LogP contribution is -2.34. The molecule has 0 spiro atoms. The van der Waals surface area contributed by atoms with Crippen molar-refractivity contribution in [2.24, 2.45) is 5.92 Å². The minimum Gasteiger partial charge on any atom is -0.393 e. The number of carbonyl (C=O) groups excluding carboxylic acids is 2. The average molecular weight is 316 g/mol. The van der Waals surface area contributed by atoms with Crippen LogP contribution in [-0.2, 0) is 11.2 Å². The molecule has 1 fully saturated rings. The first-order valence-electron chi connectivity index (χ1n) is 8.32. The van der Waals surface area contributed by atoms with E-state index in [0.29, 0.717) is 18.7 Å². The van der Waals surface area contributed by atoms with Crippen molar-refractivity contribution in [1.82, 2.24) is 4.90 Å². The molecule has 2 atom stereocenters. The van der Waals surface area contributed by atoms with E-state index < -0.39 is 0 Å². The van der Waals surface area contributed by atoms with Gasteiger partial charge in [-0.3, -0.25) is 9.59 Å². The minimum absolute atomic E-state index is 0.0202. The Morgan fingerprint density at radius 3 is 2.78 bits per heavy atom. The fourth-order valence-corrected chi connectivity index (χ4v) is 3.75. The van der Waals surface area contributed by atoms with Gasteiger partial charge in [-0.2, -0.15) is 0 Å². The van der Waals surface area contributed by atoms with Crippen LogP contribution < -0.4 is 4.90 Å². The van der Waals surface area contributed by atoms with E-state index in [2.05, 4.69) is 0 Å². The van der Waals surface area contributed by atoms with Crippen LogP contribution in [0.3, 0.4) is 0 Å². The summed E-state index contributed by atoms with van der Waals surface area (Å²) in [4.78, 5) is 27.7. The number of hydrogen-bond acceptors (Lipinski definition) is 3. The van der Waals surface area contributed by atoms with Gasteiger partial charge < -0.3 is 14.9 Å². The highest BCUT2D eigenvalue weighted by Crippen LogP contribution is 2.30. The van der Waals surface area contributed by atoms with Crippen LogP contribution in [-0.4, -0.2) is 48.1 Å². The zero-order valence-corrected chi connectivity index (χ0v) is 13.8. The second-order valence-electron chi connectivity index (χ2n) is 6.71. The van der Waals surface area contributed by atoms with Crippen LogP contribution in [0.1, 0.15) is 42.1 Å². The molecule has 0 saturated heterocycles. The third kappa shape index (κ3) is 3.11. The molecular weight excluding hydrogens is 292 g/mol. The highest BCUT2D eigenvalue weighted by molar-refractivity contribution is 5.97. The van der Waals surface area contributed by atoms with Crippen molar-refractivity contribution in [2.45, 2.75) is 38.7 Å². The van der Waals surface area contributed by atoms with Gasteiger partial charge in [0.25, 0.3) is 5.91 Å². The van der Waals surface area contributed by atoms with Gasteiger partial charge in [0, 0.05) is 44.2 Å². The number of amides is 2. The van der Waals surface area contributed by atoms with Gasteiger partial charge >= 0.3 is 0 Å². The Balaban J connectivity index is 1.72. The van der Waals surface area contributed by atoms with E-state index in [4.69, 9.17) is 0 Å². The van der Waals surface area contributed by atoms with Gasteiger partial charge in [0.05, 0.1) is 6.10 Å². The Hall–Kier alpha value is -1.88. The van der Waals surface area contributed by atoms with Gasteiger partial charge in [0.2, 0.25) is 5.91 Å². The van der Waals surface area contributed by atoms with E-state index >= 15 is 0 Å². The molecule has 5 nitrogen and oxygen atoms in total. The topological polar surface area (TPSA) is 60.9 Å². The molecule has 0 radical (unpaired) electrons. The number of aliphatic hydroxyl groups excluding tert-OH is 1. The summed E-state index contributed by atoms with van der Waals surface area (Å²) in [5, 5.41) is 9.92. The number of hydrogen-bond donors (Lipinski definition) is 1. The zero-order valence-electron chi connectivity index (χ0n) is 13.8. The van der Waals surface area contributed by atoms with Crippen molar-refractivity contribution in [3.05, 3.63) is 29.3 Å². The van der Waals surface area contributed by atoms with E-state index in [1.807, 2.05) is 12.1 Å². The van der Waals surface area contributed by atoms with Gasteiger partial charge in [0.15, 0.2) is 0 Å². The van der Waals surface area contributed by atoms with Gasteiger partial charge in [-0.25, -0.2) is 0 Å². The molecule has 2 amide bonds. The molecule has 1 saturated carbocycles. The first-order chi connectivity index (χ1) is 11.0. The molecule has 23 heavy (non-hydrogen) atoms. The second kappa shape index (κ2) is 6.32. The fraction of sp³-hybridized carbons (Fsp3) is 0.556. The molecule has 1 heterocycles. The Morgan fingerprint density at radius 1 is 1.35 bits per heavy atom. The van der Waals surface area contributed by atoms with Crippen LogP contribution in [0, 0.1) is 5.92 Å². The summed E-state index contributed by atoms with van der Waals surface area (Å²) in [6.45, 7) is 2.85. The molecule has 2 aliphatic rings. The molecule has 124 valence electrons. The maximum atomic E-state index is 12.6. The largest absolute Gasteiger partial charge is 0.393 e. The smallest absolute Gasteiger partial charge is 0.253 e. The normalized spacial score (nSPS) is 23.0. The first-order valence-corrected chi connectivity index (χ1v) is 8.32. The molecule has 1 aromatic carbocycles. The van der Waals surface area contributed by atoms with Crippen LogP contribution in [0.15, 0.2) is 18.2 Å². The van der Waals surface area contributed by atoms with Gasteiger partial charge in [-0.1, -0.05) is 6.42 Å². The van der Waals surface area contributed by atoms with E-state index in [1.54, 1.807) is 29.8 Å². The first kappa shape index (κ1) is 16.0. The second-order valence-corrected chi connectivity index (χ2v) is 6.71. The number of fused-ring (bicyclic) bond motifs is 1. The highest BCUT2D eigenvalue weighted by Gasteiger charge is 2.28. The Labute approximate surface area is 136 Å². The molecule has 3 rings (SSSR count). The van der Waals surface area contributed by atoms with E-state index in [0.717, 1.165) is 36.9 Å². The van der Waals surface area contributed by atoms with Gasteiger partial charge in [-0.05, 0) is 43.0 Å². The number of aliphatic hydroxyl groups is 1. The number of benzene rings is 1. The maximum Gasteiger partial charge on any atom is 0.253 e. The summed E-state index contributed by atoms with van der Waals surface area (Å²) in [6, 6.07) is 5.57.